The molecule has 2 atom stereocenters. The Balaban J connectivity index is 2.34. The van der Waals surface area contributed by atoms with Crippen LogP contribution in [-0.2, 0) is 4.79 Å². The van der Waals surface area contributed by atoms with Crippen LogP contribution >= 0.6 is 0 Å². The molecule has 0 bridgehead atoms. The maximum Gasteiger partial charge on any atom is 0.223 e. The highest BCUT2D eigenvalue weighted by Crippen LogP contribution is 2.21. The minimum atomic E-state index is 0.279. The highest BCUT2D eigenvalue weighted by atomic mass is 16.1. The Morgan fingerprint density at radius 3 is 3.00 bits per heavy atom. The predicted octanol–water partition coefficient (Wildman–Crippen LogP) is 1.95. The van der Waals surface area contributed by atoms with Crippen LogP contribution in [0.25, 0.3) is 0 Å². The maximum atomic E-state index is 11.3. The molecular formula is C10H19NO. The first-order chi connectivity index (χ1) is 5.74. The molecule has 2 nitrogen and oxygen atoms in total. The van der Waals surface area contributed by atoms with Crippen molar-refractivity contribution in [1.82, 2.24) is 5.32 Å². The number of hydrogen-bond acceptors (Lipinski definition) is 1. The summed E-state index contributed by atoms with van der Waals surface area (Å²) < 4.78 is 0. The lowest BCUT2D eigenvalue weighted by Gasteiger charge is -2.23. The Morgan fingerprint density at radius 2 is 2.42 bits per heavy atom. The van der Waals surface area contributed by atoms with Crippen molar-refractivity contribution in [3.05, 3.63) is 0 Å². The number of carbonyl (C=O) groups excluding carboxylic acids is 1. The highest BCUT2D eigenvalue weighted by molar-refractivity contribution is 5.79. The first-order valence-corrected chi connectivity index (χ1v) is 5.01. The monoisotopic (exact) mass is 169 g/mol. The second-order valence-corrected chi connectivity index (χ2v) is 3.88. The molecular weight excluding hydrogens is 150 g/mol. The summed E-state index contributed by atoms with van der Waals surface area (Å²) in [4.78, 5) is 11.3. The van der Waals surface area contributed by atoms with Crippen LogP contribution in [0.2, 0.25) is 0 Å². The van der Waals surface area contributed by atoms with Crippen molar-refractivity contribution in [2.24, 2.45) is 11.8 Å². The molecule has 0 aliphatic carbocycles. The number of hydrogen-bond donors (Lipinski definition) is 1. The lowest BCUT2D eigenvalue weighted by atomic mass is 9.88. The molecule has 1 N–H and O–H groups in total. The Hall–Kier alpha value is -0.530. The quantitative estimate of drug-likeness (QED) is 0.687. The van der Waals surface area contributed by atoms with Crippen molar-refractivity contribution in [2.45, 2.75) is 39.5 Å². The zero-order chi connectivity index (χ0) is 8.97. The van der Waals surface area contributed by atoms with Crippen LogP contribution in [0.3, 0.4) is 0 Å². The van der Waals surface area contributed by atoms with E-state index in [1.54, 1.807) is 0 Å². The molecule has 0 aromatic heterocycles. The number of rotatable bonds is 3. The van der Waals surface area contributed by atoms with Crippen LogP contribution < -0.4 is 5.32 Å². The highest BCUT2D eigenvalue weighted by Gasteiger charge is 2.22. The van der Waals surface area contributed by atoms with Crippen LogP contribution in [0.1, 0.15) is 39.5 Å². The molecule has 2 heteroatoms. The van der Waals surface area contributed by atoms with E-state index in [-0.39, 0.29) is 5.91 Å². The van der Waals surface area contributed by atoms with Crippen molar-refractivity contribution in [1.29, 1.82) is 0 Å². The molecule has 70 valence electrons. The van der Waals surface area contributed by atoms with Crippen molar-refractivity contribution in [2.75, 3.05) is 6.54 Å². The molecule has 1 amide bonds. The first kappa shape index (κ1) is 9.56. The summed E-state index contributed by atoms with van der Waals surface area (Å²) in [7, 11) is 0. The molecule has 1 rings (SSSR count). The summed E-state index contributed by atoms with van der Waals surface area (Å²) >= 11 is 0. The minimum Gasteiger partial charge on any atom is -0.356 e. The van der Waals surface area contributed by atoms with Crippen LogP contribution in [0.5, 0.6) is 0 Å². The first-order valence-electron chi connectivity index (χ1n) is 5.01. The van der Waals surface area contributed by atoms with Crippen LogP contribution in [-0.4, -0.2) is 12.5 Å². The number of carbonyl (C=O) groups is 1. The van der Waals surface area contributed by atoms with Gasteiger partial charge < -0.3 is 5.32 Å². The third-order valence-corrected chi connectivity index (χ3v) is 2.78. The maximum absolute atomic E-state index is 11.3. The number of piperidine rings is 1. The molecule has 0 aromatic rings. The van der Waals surface area contributed by atoms with Gasteiger partial charge in [-0.25, -0.2) is 0 Å². The number of amides is 1. The largest absolute Gasteiger partial charge is 0.356 e. The fourth-order valence-corrected chi connectivity index (χ4v) is 1.71. The number of nitrogens with one attached hydrogen (secondary N) is 1. The van der Waals surface area contributed by atoms with Gasteiger partial charge in [-0.2, -0.15) is 0 Å². The average molecular weight is 169 g/mol. The Bertz CT molecular complexity index is 156. The Morgan fingerprint density at radius 1 is 1.67 bits per heavy atom. The second-order valence-electron chi connectivity index (χ2n) is 3.88. The van der Waals surface area contributed by atoms with Crippen LogP contribution in [0.15, 0.2) is 0 Å². The summed E-state index contributed by atoms with van der Waals surface area (Å²) in [5, 5.41) is 2.92. The fraction of sp³-hybridized carbons (Fsp3) is 0.900. The molecule has 1 saturated heterocycles. The summed E-state index contributed by atoms with van der Waals surface area (Å²) in [6, 6.07) is 0. The van der Waals surface area contributed by atoms with Crippen molar-refractivity contribution in [3.63, 3.8) is 0 Å². The molecule has 1 aliphatic rings. The van der Waals surface area contributed by atoms with E-state index in [2.05, 4.69) is 19.2 Å². The van der Waals surface area contributed by atoms with Gasteiger partial charge in [0.1, 0.15) is 0 Å². The van der Waals surface area contributed by atoms with E-state index < -0.39 is 0 Å². The molecule has 2 unspecified atom stereocenters. The third kappa shape index (κ3) is 2.50. The van der Waals surface area contributed by atoms with Crippen LogP contribution in [0.4, 0.5) is 0 Å². The van der Waals surface area contributed by atoms with Gasteiger partial charge in [-0.1, -0.05) is 20.3 Å². The fourth-order valence-electron chi connectivity index (χ4n) is 1.71. The predicted molar refractivity (Wildman–Crippen MR) is 49.8 cm³/mol. The van der Waals surface area contributed by atoms with E-state index >= 15 is 0 Å². The SMILES string of the molecule is CCC(C)CC1CCCNC1=O. The summed E-state index contributed by atoms with van der Waals surface area (Å²) in [6.45, 7) is 5.29. The minimum absolute atomic E-state index is 0.279. The molecule has 1 fully saturated rings. The normalized spacial score (nSPS) is 26.5. The lowest BCUT2D eigenvalue weighted by molar-refractivity contribution is -0.127. The van der Waals surface area contributed by atoms with E-state index in [0.717, 1.165) is 25.8 Å². The molecule has 0 spiro atoms. The second kappa shape index (κ2) is 4.48. The van der Waals surface area contributed by atoms with Gasteiger partial charge in [0.15, 0.2) is 0 Å². The average Bonchev–Trinajstić information content (AvgIpc) is 2.09. The molecule has 1 heterocycles. The van der Waals surface area contributed by atoms with Crippen molar-refractivity contribution in [3.8, 4) is 0 Å². The molecule has 1 aliphatic heterocycles. The van der Waals surface area contributed by atoms with E-state index in [1.165, 1.54) is 6.42 Å². The topological polar surface area (TPSA) is 29.1 Å². The van der Waals surface area contributed by atoms with Crippen molar-refractivity contribution < 1.29 is 4.79 Å². The summed E-state index contributed by atoms with van der Waals surface area (Å²) in [5.74, 6) is 1.27. The smallest absolute Gasteiger partial charge is 0.223 e. The van der Waals surface area contributed by atoms with Gasteiger partial charge in [0, 0.05) is 12.5 Å². The van der Waals surface area contributed by atoms with Gasteiger partial charge in [0.25, 0.3) is 0 Å². The molecule has 0 radical (unpaired) electrons. The zero-order valence-corrected chi connectivity index (χ0v) is 8.10. The van der Waals surface area contributed by atoms with Gasteiger partial charge in [-0.3, -0.25) is 4.79 Å². The van der Waals surface area contributed by atoms with E-state index in [9.17, 15) is 4.79 Å². The Labute approximate surface area is 74.7 Å². The van der Waals surface area contributed by atoms with E-state index in [1.807, 2.05) is 0 Å². The van der Waals surface area contributed by atoms with E-state index in [0.29, 0.717) is 11.8 Å². The Kier molecular flexibility index (Phi) is 3.57. The van der Waals surface area contributed by atoms with Gasteiger partial charge in [0.2, 0.25) is 5.91 Å². The van der Waals surface area contributed by atoms with Crippen molar-refractivity contribution >= 4 is 5.91 Å². The standard InChI is InChI=1S/C10H19NO/c1-3-8(2)7-9-5-4-6-11-10(9)12/h8-9H,3-7H2,1-2H3,(H,11,12). The van der Waals surface area contributed by atoms with Gasteiger partial charge in [-0.05, 0) is 25.2 Å². The third-order valence-electron chi connectivity index (χ3n) is 2.78. The van der Waals surface area contributed by atoms with E-state index in [4.69, 9.17) is 0 Å². The molecule has 0 aromatic carbocycles. The lowest BCUT2D eigenvalue weighted by Crippen LogP contribution is -2.37. The molecule has 0 saturated carbocycles. The summed E-state index contributed by atoms with van der Waals surface area (Å²) in [5.41, 5.74) is 0. The zero-order valence-electron chi connectivity index (χ0n) is 8.10. The van der Waals surface area contributed by atoms with Gasteiger partial charge >= 0.3 is 0 Å². The van der Waals surface area contributed by atoms with Gasteiger partial charge in [-0.15, -0.1) is 0 Å². The summed E-state index contributed by atoms with van der Waals surface area (Å²) in [6.07, 6.45) is 4.51. The molecule has 12 heavy (non-hydrogen) atoms. The van der Waals surface area contributed by atoms with Gasteiger partial charge in [0.05, 0.1) is 0 Å². The van der Waals surface area contributed by atoms with Crippen LogP contribution in [0, 0.1) is 11.8 Å².